The van der Waals surface area contributed by atoms with Gasteiger partial charge >= 0.3 is 6.03 Å². The van der Waals surface area contributed by atoms with Gasteiger partial charge in [-0.05, 0) is 37.7 Å². The van der Waals surface area contributed by atoms with Crippen molar-refractivity contribution in [3.63, 3.8) is 0 Å². The molecule has 3 aliphatic rings. The van der Waals surface area contributed by atoms with Crippen LogP contribution in [0.3, 0.4) is 0 Å². The molecule has 2 aliphatic carbocycles. The second kappa shape index (κ2) is 6.70. The lowest BCUT2D eigenvalue weighted by atomic mass is 9.67. The minimum Gasteiger partial charge on any atom is -0.361 e. The van der Waals surface area contributed by atoms with Crippen LogP contribution in [-0.2, 0) is 19.4 Å². The molecule has 1 N–H and O–H groups in total. The van der Waals surface area contributed by atoms with Crippen molar-refractivity contribution in [2.75, 3.05) is 6.54 Å². The van der Waals surface area contributed by atoms with Gasteiger partial charge in [0.2, 0.25) is 0 Å². The lowest BCUT2D eigenvalue weighted by molar-refractivity contribution is -0.0396. The first-order valence-corrected chi connectivity index (χ1v) is 10.3. The Bertz CT molecular complexity index is 823. The van der Waals surface area contributed by atoms with E-state index in [1.54, 1.807) is 0 Å². The van der Waals surface area contributed by atoms with Gasteiger partial charge in [-0.25, -0.2) is 4.79 Å². The number of fused-ring (bicyclic) bond motifs is 1. The number of aromatic nitrogens is 1. The molecule has 1 saturated carbocycles. The molecule has 1 aromatic carbocycles. The first kappa shape index (κ1) is 16.8. The van der Waals surface area contributed by atoms with E-state index in [1.165, 1.54) is 49.7 Å². The monoisotopic (exact) mass is 365 g/mol. The van der Waals surface area contributed by atoms with E-state index in [0.29, 0.717) is 6.54 Å². The number of hydrogen-bond acceptors (Lipinski definition) is 3. The Morgan fingerprint density at radius 2 is 1.93 bits per heavy atom. The van der Waals surface area contributed by atoms with E-state index in [9.17, 15) is 4.79 Å². The third kappa shape index (κ3) is 2.84. The molecule has 1 aliphatic heterocycles. The molecular formula is C22H27N3O2. The maximum Gasteiger partial charge on any atom is 0.318 e. The number of nitrogens with zero attached hydrogens (tertiary/aromatic N) is 2. The highest BCUT2D eigenvalue weighted by Gasteiger charge is 2.55. The molecule has 1 unspecified atom stereocenters. The van der Waals surface area contributed by atoms with Crippen LogP contribution < -0.4 is 5.32 Å². The predicted molar refractivity (Wildman–Crippen MR) is 102 cm³/mol. The molecule has 0 radical (unpaired) electrons. The molecule has 5 heteroatoms. The normalized spacial score (nSPS) is 23.1. The van der Waals surface area contributed by atoms with E-state index in [0.717, 1.165) is 30.8 Å². The molecule has 2 heterocycles. The van der Waals surface area contributed by atoms with Gasteiger partial charge in [-0.1, -0.05) is 48.3 Å². The van der Waals surface area contributed by atoms with Crippen LogP contribution in [0.2, 0.25) is 0 Å². The van der Waals surface area contributed by atoms with Gasteiger partial charge in [-0.2, -0.15) is 0 Å². The van der Waals surface area contributed by atoms with E-state index in [-0.39, 0.29) is 17.5 Å². The zero-order valence-electron chi connectivity index (χ0n) is 15.7. The van der Waals surface area contributed by atoms with E-state index < -0.39 is 0 Å². The first-order valence-electron chi connectivity index (χ1n) is 10.3. The fourth-order valence-corrected chi connectivity index (χ4v) is 5.45. The highest BCUT2D eigenvalue weighted by Crippen LogP contribution is 2.58. The molecule has 1 spiro atoms. The number of carbonyl (C=O) groups is 1. The molecule has 27 heavy (non-hydrogen) atoms. The topological polar surface area (TPSA) is 58.4 Å². The SMILES string of the molecule is O=C(NCc1noc2c1CCCC2)N1CC2(CCCC2)C1c1ccccc1. The number of benzene rings is 1. The molecular weight excluding hydrogens is 338 g/mol. The van der Waals surface area contributed by atoms with Crippen molar-refractivity contribution in [3.8, 4) is 0 Å². The van der Waals surface area contributed by atoms with Crippen LogP contribution in [0.15, 0.2) is 34.9 Å². The van der Waals surface area contributed by atoms with Crippen molar-refractivity contribution in [2.24, 2.45) is 5.41 Å². The number of nitrogens with one attached hydrogen (secondary N) is 1. The Balaban J connectivity index is 1.30. The Labute approximate surface area is 160 Å². The smallest absolute Gasteiger partial charge is 0.318 e. The van der Waals surface area contributed by atoms with Crippen molar-refractivity contribution in [1.82, 2.24) is 15.4 Å². The van der Waals surface area contributed by atoms with Crippen LogP contribution in [0, 0.1) is 5.41 Å². The predicted octanol–water partition coefficient (Wildman–Crippen LogP) is 4.38. The van der Waals surface area contributed by atoms with Crippen LogP contribution >= 0.6 is 0 Å². The number of urea groups is 1. The lowest BCUT2D eigenvalue weighted by Gasteiger charge is -2.56. The van der Waals surface area contributed by atoms with E-state index in [2.05, 4.69) is 34.7 Å². The fraction of sp³-hybridized carbons (Fsp3) is 0.545. The molecule has 5 nitrogen and oxygen atoms in total. The zero-order chi connectivity index (χ0) is 18.3. The van der Waals surface area contributed by atoms with Crippen LogP contribution in [0.5, 0.6) is 0 Å². The molecule has 1 atom stereocenters. The summed E-state index contributed by atoms with van der Waals surface area (Å²) < 4.78 is 5.47. The van der Waals surface area contributed by atoms with Gasteiger partial charge in [0, 0.05) is 23.9 Å². The van der Waals surface area contributed by atoms with E-state index in [4.69, 9.17) is 4.52 Å². The third-order valence-electron chi connectivity index (χ3n) is 6.79. The zero-order valence-corrected chi connectivity index (χ0v) is 15.7. The number of carbonyl (C=O) groups excluding carboxylic acids is 1. The summed E-state index contributed by atoms with van der Waals surface area (Å²) in [7, 11) is 0. The van der Waals surface area contributed by atoms with Gasteiger partial charge in [0.25, 0.3) is 0 Å². The second-order valence-corrected chi connectivity index (χ2v) is 8.41. The highest BCUT2D eigenvalue weighted by atomic mass is 16.5. The maximum absolute atomic E-state index is 13.0. The summed E-state index contributed by atoms with van der Waals surface area (Å²) in [6, 6.07) is 10.8. The summed E-state index contributed by atoms with van der Waals surface area (Å²) in [5.74, 6) is 1.02. The summed E-state index contributed by atoms with van der Waals surface area (Å²) in [5.41, 5.74) is 3.67. The summed E-state index contributed by atoms with van der Waals surface area (Å²) >= 11 is 0. The van der Waals surface area contributed by atoms with Gasteiger partial charge < -0.3 is 14.7 Å². The Morgan fingerprint density at radius 1 is 1.15 bits per heavy atom. The highest BCUT2D eigenvalue weighted by molar-refractivity contribution is 5.76. The van der Waals surface area contributed by atoms with E-state index in [1.807, 2.05) is 11.0 Å². The number of amides is 2. The molecule has 1 saturated heterocycles. The molecule has 2 fully saturated rings. The maximum atomic E-state index is 13.0. The van der Waals surface area contributed by atoms with Crippen LogP contribution in [0.4, 0.5) is 4.79 Å². The Hall–Kier alpha value is -2.30. The Morgan fingerprint density at radius 3 is 2.74 bits per heavy atom. The number of hydrogen-bond donors (Lipinski definition) is 1. The first-order chi connectivity index (χ1) is 13.3. The summed E-state index contributed by atoms with van der Waals surface area (Å²) in [5, 5.41) is 7.32. The molecule has 5 rings (SSSR count). The van der Waals surface area contributed by atoms with Crippen molar-refractivity contribution in [2.45, 2.75) is 64.0 Å². The minimum atomic E-state index is 0.0222. The Kier molecular flexibility index (Phi) is 4.18. The van der Waals surface area contributed by atoms with Crippen molar-refractivity contribution >= 4 is 6.03 Å². The van der Waals surface area contributed by atoms with Gasteiger partial charge in [0.15, 0.2) is 0 Å². The van der Waals surface area contributed by atoms with Crippen LogP contribution in [-0.4, -0.2) is 22.6 Å². The third-order valence-corrected chi connectivity index (χ3v) is 6.79. The summed E-state index contributed by atoms with van der Waals surface area (Å²) in [4.78, 5) is 15.0. The van der Waals surface area contributed by atoms with Gasteiger partial charge in [-0.3, -0.25) is 0 Å². The van der Waals surface area contributed by atoms with Gasteiger partial charge in [0.1, 0.15) is 11.5 Å². The van der Waals surface area contributed by atoms with Gasteiger partial charge in [0.05, 0.1) is 12.6 Å². The van der Waals surface area contributed by atoms with Crippen molar-refractivity contribution in [1.29, 1.82) is 0 Å². The summed E-state index contributed by atoms with van der Waals surface area (Å²) in [6.45, 7) is 1.33. The molecule has 142 valence electrons. The average molecular weight is 365 g/mol. The summed E-state index contributed by atoms with van der Waals surface area (Å²) in [6.07, 6.45) is 9.36. The fourth-order valence-electron chi connectivity index (χ4n) is 5.45. The van der Waals surface area contributed by atoms with Crippen LogP contribution in [0.25, 0.3) is 0 Å². The van der Waals surface area contributed by atoms with Crippen molar-refractivity contribution in [3.05, 3.63) is 52.9 Å². The molecule has 0 bridgehead atoms. The standard InChI is InChI=1S/C22H27N3O2/c26-21(23-14-18-17-10-4-5-11-19(17)27-24-18)25-15-22(12-6-7-13-22)20(25)16-8-2-1-3-9-16/h1-3,8-9,20H,4-7,10-15H2,(H,23,26). The molecule has 2 amide bonds. The average Bonchev–Trinajstić information content (AvgIpc) is 3.34. The lowest BCUT2D eigenvalue weighted by Crippen LogP contribution is -2.61. The minimum absolute atomic E-state index is 0.0222. The number of aryl methyl sites for hydroxylation is 1. The molecule has 1 aromatic heterocycles. The largest absolute Gasteiger partial charge is 0.361 e. The van der Waals surface area contributed by atoms with Gasteiger partial charge in [-0.15, -0.1) is 0 Å². The molecule has 2 aromatic rings. The number of likely N-dealkylation sites (tertiary alicyclic amines) is 1. The van der Waals surface area contributed by atoms with Crippen LogP contribution in [0.1, 0.15) is 67.1 Å². The quantitative estimate of drug-likeness (QED) is 0.878. The van der Waals surface area contributed by atoms with E-state index >= 15 is 0 Å². The second-order valence-electron chi connectivity index (χ2n) is 8.41. The van der Waals surface area contributed by atoms with Crippen molar-refractivity contribution < 1.29 is 9.32 Å². The number of rotatable bonds is 3.